The summed E-state index contributed by atoms with van der Waals surface area (Å²) in [7, 11) is 0. The van der Waals surface area contributed by atoms with Gasteiger partial charge in [-0.1, -0.05) is 0 Å². The molecule has 4 nitrogen and oxygen atoms in total. The molecule has 2 heterocycles. The van der Waals surface area contributed by atoms with Crippen LogP contribution in [0.25, 0.3) is 0 Å². The fourth-order valence-electron chi connectivity index (χ4n) is 1.43. The summed E-state index contributed by atoms with van der Waals surface area (Å²) in [5.41, 5.74) is -1.73. The molecule has 1 aliphatic heterocycles. The number of nitrogens with one attached hydrogen (secondary N) is 2. The standard InChI is InChI=1S/C7H6F3N3O/c8-7(9,10)5-3-1-11-2-4(3)12-6(14)13-5/h11H,1-2H2,(H,12,13,14). The Morgan fingerprint density at radius 2 is 2.00 bits per heavy atom. The van der Waals surface area contributed by atoms with Crippen molar-refractivity contribution in [1.29, 1.82) is 0 Å². The number of rotatable bonds is 0. The molecule has 0 atom stereocenters. The molecule has 0 aliphatic carbocycles. The van der Waals surface area contributed by atoms with Gasteiger partial charge in [-0.05, 0) is 0 Å². The maximum Gasteiger partial charge on any atom is 0.433 e. The van der Waals surface area contributed by atoms with Crippen molar-refractivity contribution in [3.05, 3.63) is 27.4 Å². The second-order valence-corrected chi connectivity index (χ2v) is 2.95. The third-order valence-corrected chi connectivity index (χ3v) is 1.99. The Morgan fingerprint density at radius 3 is 2.64 bits per heavy atom. The Hall–Kier alpha value is -1.37. The van der Waals surface area contributed by atoms with Gasteiger partial charge < -0.3 is 10.3 Å². The molecule has 0 radical (unpaired) electrons. The van der Waals surface area contributed by atoms with Gasteiger partial charge in [0.25, 0.3) is 0 Å². The molecular formula is C7H6F3N3O. The molecule has 0 fully saturated rings. The molecule has 1 aromatic rings. The summed E-state index contributed by atoms with van der Waals surface area (Å²) < 4.78 is 37.1. The van der Waals surface area contributed by atoms with Crippen molar-refractivity contribution < 1.29 is 13.2 Å². The van der Waals surface area contributed by atoms with Crippen LogP contribution < -0.4 is 11.0 Å². The highest BCUT2D eigenvalue weighted by Gasteiger charge is 2.38. The van der Waals surface area contributed by atoms with E-state index in [1.54, 1.807) is 0 Å². The third kappa shape index (κ3) is 1.39. The second kappa shape index (κ2) is 2.81. The third-order valence-electron chi connectivity index (χ3n) is 1.99. The van der Waals surface area contributed by atoms with Crippen LogP contribution in [0, 0.1) is 0 Å². The Bertz CT molecular complexity index is 423. The molecule has 2 rings (SSSR count). The Balaban J connectivity index is 2.66. The highest BCUT2D eigenvalue weighted by atomic mass is 19.4. The average molecular weight is 205 g/mol. The van der Waals surface area contributed by atoms with Crippen LogP contribution >= 0.6 is 0 Å². The molecule has 7 heteroatoms. The van der Waals surface area contributed by atoms with Gasteiger partial charge >= 0.3 is 11.9 Å². The Morgan fingerprint density at radius 1 is 1.29 bits per heavy atom. The van der Waals surface area contributed by atoms with Crippen molar-refractivity contribution in [2.75, 3.05) is 0 Å². The monoisotopic (exact) mass is 205 g/mol. The van der Waals surface area contributed by atoms with E-state index >= 15 is 0 Å². The second-order valence-electron chi connectivity index (χ2n) is 2.95. The van der Waals surface area contributed by atoms with Crippen LogP contribution in [-0.2, 0) is 19.3 Å². The smallest absolute Gasteiger partial charge is 0.308 e. The van der Waals surface area contributed by atoms with Crippen molar-refractivity contribution in [2.45, 2.75) is 19.3 Å². The molecule has 0 spiro atoms. The maximum atomic E-state index is 12.4. The summed E-state index contributed by atoms with van der Waals surface area (Å²) in [5, 5.41) is 2.72. The van der Waals surface area contributed by atoms with E-state index < -0.39 is 17.6 Å². The largest absolute Gasteiger partial charge is 0.433 e. The van der Waals surface area contributed by atoms with Crippen LogP contribution in [0.15, 0.2) is 4.79 Å². The summed E-state index contributed by atoms with van der Waals surface area (Å²) in [4.78, 5) is 16.0. The molecule has 2 N–H and O–H groups in total. The molecular weight excluding hydrogens is 199 g/mol. The van der Waals surface area contributed by atoms with Crippen LogP contribution in [-0.4, -0.2) is 9.97 Å². The lowest BCUT2D eigenvalue weighted by Gasteiger charge is -2.08. The SMILES string of the molecule is O=c1nc(C(F)(F)F)c2c([nH]1)CNC2. The summed E-state index contributed by atoms with van der Waals surface area (Å²) in [6.07, 6.45) is -4.57. The van der Waals surface area contributed by atoms with Crippen LogP contribution in [0.1, 0.15) is 17.0 Å². The number of aromatic amines is 1. The van der Waals surface area contributed by atoms with Crippen LogP contribution in [0.5, 0.6) is 0 Å². The Labute approximate surface area is 76.2 Å². The van der Waals surface area contributed by atoms with Gasteiger partial charge in [-0.15, -0.1) is 0 Å². The fraction of sp³-hybridized carbons (Fsp3) is 0.429. The lowest BCUT2D eigenvalue weighted by Crippen LogP contribution is -2.22. The van der Waals surface area contributed by atoms with E-state index in [1.807, 2.05) is 0 Å². The number of H-pyrrole nitrogens is 1. The van der Waals surface area contributed by atoms with E-state index in [0.29, 0.717) is 0 Å². The zero-order valence-corrected chi connectivity index (χ0v) is 6.90. The normalized spacial score (nSPS) is 15.6. The number of nitrogens with zero attached hydrogens (tertiary/aromatic N) is 1. The number of hydrogen-bond donors (Lipinski definition) is 2. The molecule has 14 heavy (non-hydrogen) atoms. The van der Waals surface area contributed by atoms with E-state index in [2.05, 4.69) is 15.3 Å². The highest BCUT2D eigenvalue weighted by Crippen LogP contribution is 2.31. The lowest BCUT2D eigenvalue weighted by atomic mass is 10.2. The minimum absolute atomic E-state index is 0.0390. The number of halogens is 3. The van der Waals surface area contributed by atoms with Crippen molar-refractivity contribution in [3.63, 3.8) is 0 Å². The fourth-order valence-corrected chi connectivity index (χ4v) is 1.43. The van der Waals surface area contributed by atoms with E-state index in [4.69, 9.17) is 0 Å². The zero-order valence-electron chi connectivity index (χ0n) is 6.90. The summed E-state index contributed by atoms with van der Waals surface area (Å²) in [6.45, 7) is 0.337. The molecule has 1 aromatic heterocycles. The molecule has 0 bridgehead atoms. The van der Waals surface area contributed by atoms with Gasteiger partial charge in [0.1, 0.15) is 0 Å². The van der Waals surface area contributed by atoms with Gasteiger partial charge in [-0.3, -0.25) is 0 Å². The predicted molar refractivity (Wildman–Crippen MR) is 40.4 cm³/mol. The van der Waals surface area contributed by atoms with Crippen molar-refractivity contribution in [1.82, 2.24) is 15.3 Å². The van der Waals surface area contributed by atoms with E-state index in [9.17, 15) is 18.0 Å². The quantitative estimate of drug-likeness (QED) is 0.644. The maximum absolute atomic E-state index is 12.4. The number of hydrogen-bond acceptors (Lipinski definition) is 3. The van der Waals surface area contributed by atoms with Gasteiger partial charge in [0.05, 0.1) is 0 Å². The van der Waals surface area contributed by atoms with E-state index in [0.717, 1.165) is 0 Å². The van der Waals surface area contributed by atoms with Crippen molar-refractivity contribution >= 4 is 0 Å². The molecule has 76 valence electrons. The first-order valence-corrected chi connectivity index (χ1v) is 3.88. The van der Waals surface area contributed by atoms with Gasteiger partial charge in [0.15, 0.2) is 5.69 Å². The van der Waals surface area contributed by atoms with Crippen LogP contribution in [0.2, 0.25) is 0 Å². The first-order chi connectivity index (χ1) is 6.48. The number of fused-ring (bicyclic) bond motifs is 1. The summed E-state index contributed by atoms with van der Waals surface area (Å²) in [6, 6.07) is 0. The summed E-state index contributed by atoms with van der Waals surface area (Å²) >= 11 is 0. The minimum Gasteiger partial charge on any atom is -0.308 e. The lowest BCUT2D eigenvalue weighted by molar-refractivity contribution is -0.142. The summed E-state index contributed by atoms with van der Waals surface area (Å²) in [5.74, 6) is 0. The first kappa shape index (κ1) is 9.20. The van der Waals surface area contributed by atoms with Gasteiger partial charge in [0, 0.05) is 24.3 Å². The first-order valence-electron chi connectivity index (χ1n) is 3.88. The molecule has 1 aliphatic rings. The van der Waals surface area contributed by atoms with E-state index in [-0.39, 0.29) is 24.3 Å². The highest BCUT2D eigenvalue weighted by molar-refractivity contribution is 5.29. The average Bonchev–Trinajstić information content (AvgIpc) is 2.47. The molecule has 0 saturated carbocycles. The zero-order chi connectivity index (χ0) is 10.3. The van der Waals surface area contributed by atoms with Gasteiger partial charge in [-0.25, -0.2) is 4.79 Å². The van der Waals surface area contributed by atoms with E-state index in [1.165, 1.54) is 0 Å². The van der Waals surface area contributed by atoms with Crippen molar-refractivity contribution in [2.24, 2.45) is 0 Å². The number of aromatic nitrogens is 2. The molecule has 0 saturated heterocycles. The minimum atomic E-state index is -4.57. The van der Waals surface area contributed by atoms with Crippen LogP contribution in [0.4, 0.5) is 13.2 Å². The number of alkyl halides is 3. The van der Waals surface area contributed by atoms with Crippen molar-refractivity contribution in [3.8, 4) is 0 Å². The molecule has 0 amide bonds. The topological polar surface area (TPSA) is 57.8 Å². The van der Waals surface area contributed by atoms with Crippen LogP contribution in [0.3, 0.4) is 0 Å². The van der Waals surface area contributed by atoms with Gasteiger partial charge in [0.2, 0.25) is 0 Å². The molecule has 0 unspecified atom stereocenters. The Kier molecular flexibility index (Phi) is 1.84. The van der Waals surface area contributed by atoms with Gasteiger partial charge in [-0.2, -0.15) is 18.2 Å². The molecule has 0 aromatic carbocycles. The predicted octanol–water partition coefficient (Wildman–Crippen LogP) is 0.392.